The molecule has 0 atom stereocenters. The Morgan fingerprint density at radius 1 is 1.30 bits per heavy atom. The fraction of sp³-hybridized carbons (Fsp3) is 0.167. The van der Waals surface area contributed by atoms with Crippen LogP contribution in [0.2, 0.25) is 10.0 Å². The number of rotatable bonds is 3. The quantitative estimate of drug-likeness (QED) is 0.690. The zero-order valence-electron chi connectivity index (χ0n) is 10.6. The number of aryl methyl sites for hydroxylation is 1. The monoisotopic (exact) mass is 312 g/mol. The van der Waals surface area contributed by atoms with Gasteiger partial charge in [-0.25, -0.2) is 9.97 Å². The highest BCUT2D eigenvalue weighted by Gasteiger charge is 2.24. The van der Waals surface area contributed by atoms with E-state index in [0.717, 1.165) is 0 Å². The maximum atomic E-state index is 11.2. The molecule has 0 aliphatic heterocycles. The van der Waals surface area contributed by atoms with Crippen molar-refractivity contribution in [3.8, 4) is 11.3 Å². The molecule has 0 saturated carbocycles. The summed E-state index contributed by atoms with van der Waals surface area (Å²) in [7, 11) is 1.63. The molecule has 104 valence electrons. The van der Waals surface area contributed by atoms with Gasteiger partial charge in [0.05, 0.1) is 9.95 Å². The molecule has 20 heavy (non-hydrogen) atoms. The number of hydrogen-bond acceptors (Lipinski definition) is 5. The van der Waals surface area contributed by atoms with Gasteiger partial charge in [-0.1, -0.05) is 23.2 Å². The molecule has 0 aliphatic carbocycles. The normalized spacial score (nSPS) is 10.4. The molecule has 2 rings (SSSR count). The van der Waals surface area contributed by atoms with Crippen molar-refractivity contribution < 1.29 is 4.92 Å². The summed E-state index contributed by atoms with van der Waals surface area (Å²) in [6.45, 7) is 1.55. The number of aromatic nitrogens is 2. The third kappa shape index (κ3) is 2.66. The number of nitrogens with one attached hydrogen (secondary N) is 1. The van der Waals surface area contributed by atoms with Crippen molar-refractivity contribution in [1.82, 2.24) is 9.97 Å². The van der Waals surface area contributed by atoms with E-state index in [-0.39, 0.29) is 23.0 Å². The maximum Gasteiger partial charge on any atom is 0.316 e. The molecule has 0 unspecified atom stereocenters. The molecule has 0 saturated heterocycles. The Kier molecular flexibility index (Phi) is 4.06. The van der Waals surface area contributed by atoms with Gasteiger partial charge in [-0.15, -0.1) is 0 Å². The van der Waals surface area contributed by atoms with Gasteiger partial charge in [0.2, 0.25) is 5.95 Å². The fourth-order valence-electron chi connectivity index (χ4n) is 1.77. The number of halogens is 2. The minimum atomic E-state index is -0.519. The van der Waals surface area contributed by atoms with E-state index in [0.29, 0.717) is 15.6 Å². The second-order valence-electron chi connectivity index (χ2n) is 3.96. The molecular weight excluding hydrogens is 303 g/mol. The predicted molar refractivity (Wildman–Crippen MR) is 78.4 cm³/mol. The summed E-state index contributed by atoms with van der Waals surface area (Å²) >= 11 is 11.9. The maximum absolute atomic E-state index is 11.2. The lowest BCUT2D eigenvalue weighted by Gasteiger charge is -2.09. The highest BCUT2D eigenvalue weighted by molar-refractivity contribution is 6.36. The van der Waals surface area contributed by atoms with Crippen LogP contribution in [0.5, 0.6) is 0 Å². The summed E-state index contributed by atoms with van der Waals surface area (Å²) < 4.78 is 0. The molecule has 1 aromatic carbocycles. The molecule has 0 radical (unpaired) electrons. The second kappa shape index (κ2) is 5.60. The van der Waals surface area contributed by atoms with Gasteiger partial charge < -0.3 is 5.32 Å². The molecule has 1 N–H and O–H groups in total. The summed E-state index contributed by atoms with van der Waals surface area (Å²) in [6, 6.07) is 4.71. The first-order valence-corrected chi connectivity index (χ1v) is 6.36. The van der Waals surface area contributed by atoms with Crippen LogP contribution < -0.4 is 5.32 Å². The molecule has 0 aliphatic rings. The van der Waals surface area contributed by atoms with E-state index >= 15 is 0 Å². The van der Waals surface area contributed by atoms with E-state index in [9.17, 15) is 10.1 Å². The average Bonchev–Trinajstić information content (AvgIpc) is 2.37. The number of anilines is 1. The van der Waals surface area contributed by atoms with Crippen LogP contribution in [0.15, 0.2) is 18.2 Å². The lowest BCUT2D eigenvalue weighted by atomic mass is 10.1. The molecule has 1 heterocycles. The van der Waals surface area contributed by atoms with Crippen LogP contribution in [-0.4, -0.2) is 21.9 Å². The SMILES string of the molecule is CNc1nc(C)c([N+](=O)[O-])c(-c2ccc(Cl)cc2Cl)n1. The molecule has 0 fully saturated rings. The van der Waals surface area contributed by atoms with Crippen molar-refractivity contribution in [3.63, 3.8) is 0 Å². The van der Waals surface area contributed by atoms with Crippen molar-refractivity contribution in [2.75, 3.05) is 12.4 Å². The van der Waals surface area contributed by atoms with Gasteiger partial charge in [0.25, 0.3) is 0 Å². The summed E-state index contributed by atoms with van der Waals surface area (Å²) in [6.07, 6.45) is 0. The Balaban J connectivity index is 2.76. The molecule has 6 nitrogen and oxygen atoms in total. The van der Waals surface area contributed by atoms with Crippen molar-refractivity contribution in [1.29, 1.82) is 0 Å². The molecular formula is C12H10Cl2N4O2. The smallest absolute Gasteiger partial charge is 0.316 e. The largest absolute Gasteiger partial charge is 0.357 e. The summed E-state index contributed by atoms with van der Waals surface area (Å²) in [5.74, 6) is 0.286. The summed E-state index contributed by atoms with van der Waals surface area (Å²) in [5, 5.41) is 14.7. The Labute approximate surface area is 124 Å². The molecule has 0 bridgehead atoms. The molecule has 8 heteroatoms. The average molecular weight is 313 g/mol. The Hall–Kier alpha value is -1.92. The van der Waals surface area contributed by atoms with Crippen LogP contribution in [0.25, 0.3) is 11.3 Å². The number of nitrogens with zero attached hydrogens (tertiary/aromatic N) is 3. The van der Waals surface area contributed by atoms with Crippen molar-refractivity contribution in [3.05, 3.63) is 44.1 Å². The first-order valence-electron chi connectivity index (χ1n) is 5.60. The van der Waals surface area contributed by atoms with Gasteiger partial charge in [0, 0.05) is 17.6 Å². The Morgan fingerprint density at radius 3 is 2.55 bits per heavy atom. The van der Waals surface area contributed by atoms with Crippen LogP contribution in [0, 0.1) is 17.0 Å². The zero-order chi connectivity index (χ0) is 14.9. The van der Waals surface area contributed by atoms with Crippen molar-refractivity contribution >= 4 is 34.8 Å². The van der Waals surface area contributed by atoms with Crippen molar-refractivity contribution in [2.24, 2.45) is 0 Å². The van der Waals surface area contributed by atoms with Crippen molar-refractivity contribution in [2.45, 2.75) is 6.92 Å². The van der Waals surface area contributed by atoms with Crippen LogP contribution >= 0.6 is 23.2 Å². The number of nitro groups is 1. The predicted octanol–water partition coefficient (Wildman–Crippen LogP) is 3.71. The van der Waals surface area contributed by atoms with E-state index in [1.807, 2.05) is 0 Å². The first-order chi connectivity index (χ1) is 9.43. The van der Waals surface area contributed by atoms with E-state index in [2.05, 4.69) is 15.3 Å². The standard InChI is InChI=1S/C12H10Cl2N4O2/c1-6-11(18(19)20)10(17-12(15-2)16-6)8-4-3-7(13)5-9(8)14/h3-5H,1-2H3,(H,15,16,17). The van der Waals surface area contributed by atoms with E-state index in [4.69, 9.17) is 23.2 Å². The van der Waals surface area contributed by atoms with Crippen LogP contribution in [0.3, 0.4) is 0 Å². The molecule has 0 amide bonds. The van der Waals surface area contributed by atoms with Gasteiger partial charge in [0.15, 0.2) is 5.69 Å². The lowest BCUT2D eigenvalue weighted by molar-refractivity contribution is -0.385. The summed E-state index contributed by atoms with van der Waals surface area (Å²) in [5.41, 5.74) is 0.682. The van der Waals surface area contributed by atoms with Crippen LogP contribution in [0.4, 0.5) is 11.6 Å². The summed E-state index contributed by atoms with van der Waals surface area (Å²) in [4.78, 5) is 18.9. The van der Waals surface area contributed by atoms with Gasteiger partial charge in [-0.2, -0.15) is 0 Å². The topological polar surface area (TPSA) is 81.0 Å². The number of benzene rings is 1. The van der Waals surface area contributed by atoms with E-state index < -0.39 is 4.92 Å². The third-order valence-electron chi connectivity index (χ3n) is 2.65. The highest BCUT2D eigenvalue weighted by Crippen LogP contribution is 2.36. The van der Waals surface area contributed by atoms with Gasteiger partial charge in [-0.05, 0) is 25.1 Å². The number of hydrogen-bond donors (Lipinski definition) is 1. The lowest BCUT2D eigenvalue weighted by Crippen LogP contribution is -2.05. The minimum absolute atomic E-state index is 0.161. The zero-order valence-corrected chi connectivity index (χ0v) is 12.2. The first kappa shape index (κ1) is 14.5. The molecule has 0 spiro atoms. The Bertz CT molecular complexity index is 691. The van der Waals surface area contributed by atoms with Gasteiger partial charge in [0.1, 0.15) is 5.69 Å². The second-order valence-corrected chi connectivity index (χ2v) is 4.80. The van der Waals surface area contributed by atoms with Crippen LogP contribution in [0.1, 0.15) is 5.69 Å². The highest BCUT2D eigenvalue weighted by atomic mass is 35.5. The Morgan fingerprint density at radius 2 is 2.00 bits per heavy atom. The van der Waals surface area contributed by atoms with Gasteiger partial charge >= 0.3 is 5.69 Å². The van der Waals surface area contributed by atoms with E-state index in [1.54, 1.807) is 26.1 Å². The fourth-order valence-corrected chi connectivity index (χ4v) is 2.26. The van der Waals surface area contributed by atoms with Crippen LogP contribution in [-0.2, 0) is 0 Å². The third-order valence-corrected chi connectivity index (χ3v) is 3.20. The van der Waals surface area contributed by atoms with Gasteiger partial charge in [-0.3, -0.25) is 10.1 Å². The molecule has 2 aromatic rings. The van der Waals surface area contributed by atoms with E-state index in [1.165, 1.54) is 6.07 Å². The minimum Gasteiger partial charge on any atom is -0.357 e. The molecule has 1 aromatic heterocycles.